The van der Waals surface area contributed by atoms with Gasteiger partial charge < -0.3 is 5.11 Å². The largest absolute Gasteiger partial charge is 0.480 e. The number of benzene rings is 3. The molecule has 0 radical (unpaired) electrons. The molecule has 0 aliphatic heterocycles. The summed E-state index contributed by atoms with van der Waals surface area (Å²) in [4.78, 5) is 26.5. The smallest absolute Gasteiger partial charge is 0.320 e. The molecule has 4 heteroatoms. The molecule has 1 atom stereocenters. The second-order valence-corrected chi connectivity index (χ2v) is 5.53. The van der Waals surface area contributed by atoms with E-state index in [1.54, 1.807) is 54.6 Å². The maximum absolute atomic E-state index is 13.2. The number of aliphatic carboxylic acids is 1. The number of carboxylic acid groups (broad SMARTS) is 1. The van der Waals surface area contributed by atoms with Crippen LogP contribution in [0.3, 0.4) is 0 Å². The van der Waals surface area contributed by atoms with Crippen molar-refractivity contribution in [2.24, 2.45) is 0 Å². The minimum atomic E-state index is -1.28. The van der Waals surface area contributed by atoms with E-state index in [1.165, 1.54) is 4.90 Å². The molecule has 0 aliphatic carbocycles. The van der Waals surface area contributed by atoms with Crippen molar-refractivity contribution < 1.29 is 14.7 Å². The molecular formula is C21H17NO3. The summed E-state index contributed by atoms with van der Waals surface area (Å²) < 4.78 is 0. The summed E-state index contributed by atoms with van der Waals surface area (Å²) in [7, 11) is 0. The number of hydrogen-bond donors (Lipinski definition) is 1. The molecule has 124 valence electrons. The Morgan fingerprint density at radius 2 is 1.08 bits per heavy atom. The first kappa shape index (κ1) is 16.5. The molecule has 4 nitrogen and oxygen atoms in total. The molecule has 0 aromatic heterocycles. The summed E-state index contributed by atoms with van der Waals surface area (Å²) in [6.45, 7) is 0. The number of carboxylic acids is 1. The lowest BCUT2D eigenvalue weighted by atomic mass is 9.97. The van der Waals surface area contributed by atoms with Gasteiger partial charge in [-0.15, -0.1) is 0 Å². The molecule has 0 spiro atoms. The van der Waals surface area contributed by atoms with E-state index in [0.717, 1.165) is 0 Å². The number of rotatable bonds is 5. The maximum Gasteiger partial charge on any atom is 0.320 e. The number of hydrogen-bond acceptors (Lipinski definition) is 2. The third-order valence-electron chi connectivity index (χ3n) is 3.88. The first-order valence-electron chi connectivity index (χ1n) is 7.90. The van der Waals surface area contributed by atoms with Crippen LogP contribution in [0.25, 0.3) is 0 Å². The summed E-state index contributed by atoms with van der Waals surface area (Å²) in [5.74, 6) is -2.95. The molecule has 1 amide bonds. The average Bonchev–Trinajstić information content (AvgIpc) is 2.64. The maximum atomic E-state index is 13.2. The van der Waals surface area contributed by atoms with Crippen LogP contribution in [0.4, 0.5) is 11.4 Å². The Hall–Kier alpha value is -3.40. The van der Waals surface area contributed by atoms with Crippen LogP contribution in [0.2, 0.25) is 0 Å². The van der Waals surface area contributed by atoms with Crippen LogP contribution in [0.15, 0.2) is 91.0 Å². The third kappa shape index (κ3) is 3.58. The molecular weight excluding hydrogens is 314 g/mol. The van der Waals surface area contributed by atoms with E-state index < -0.39 is 17.8 Å². The number of carbonyl (C=O) groups is 2. The Balaban J connectivity index is 2.09. The van der Waals surface area contributed by atoms with Crippen LogP contribution in [0, 0.1) is 0 Å². The number of anilines is 2. The molecule has 1 N–H and O–H groups in total. The number of carbonyl (C=O) groups excluding carboxylic acids is 1. The normalized spacial score (nSPS) is 11.5. The van der Waals surface area contributed by atoms with Gasteiger partial charge in [-0.25, -0.2) is 0 Å². The fourth-order valence-corrected chi connectivity index (χ4v) is 2.72. The van der Waals surface area contributed by atoms with Crippen molar-refractivity contribution >= 4 is 23.3 Å². The zero-order chi connectivity index (χ0) is 17.6. The van der Waals surface area contributed by atoms with Crippen molar-refractivity contribution in [3.05, 3.63) is 96.6 Å². The Morgan fingerprint density at radius 3 is 1.48 bits per heavy atom. The van der Waals surface area contributed by atoms with Crippen molar-refractivity contribution in [1.82, 2.24) is 0 Å². The molecule has 0 bridgehead atoms. The molecule has 0 saturated heterocycles. The zero-order valence-corrected chi connectivity index (χ0v) is 13.4. The van der Waals surface area contributed by atoms with Gasteiger partial charge in [-0.1, -0.05) is 66.7 Å². The Bertz CT molecular complexity index is 809. The lowest BCUT2D eigenvalue weighted by molar-refractivity contribution is -0.142. The predicted octanol–water partition coefficient (Wildman–Crippen LogP) is 4.22. The fourth-order valence-electron chi connectivity index (χ4n) is 2.72. The molecule has 0 aliphatic rings. The van der Waals surface area contributed by atoms with Crippen LogP contribution in [-0.4, -0.2) is 17.0 Å². The summed E-state index contributed by atoms with van der Waals surface area (Å²) in [6.07, 6.45) is 0. The quantitative estimate of drug-likeness (QED) is 0.712. The highest BCUT2D eigenvalue weighted by Crippen LogP contribution is 2.30. The van der Waals surface area contributed by atoms with Crippen LogP contribution < -0.4 is 4.90 Å². The van der Waals surface area contributed by atoms with E-state index in [4.69, 9.17) is 0 Å². The average molecular weight is 331 g/mol. The van der Waals surface area contributed by atoms with Gasteiger partial charge in [0.1, 0.15) is 0 Å². The van der Waals surface area contributed by atoms with Gasteiger partial charge in [0.25, 0.3) is 0 Å². The van der Waals surface area contributed by atoms with E-state index >= 15 is 0 Å². The number of para-hydroxylation sites is 2. The first-order valence-corrected chi connectivity index (χ1v) is 7.90. The summed E-state index contributed by atoms with van der Waals surface area (Å²) >= 11 is 0. The van der Waals surface area contributed by atoms with Crippen LogP contribution >= 0.6 is 0 Å². The third-order valence-corrected chi connectivity index (χ3v) is 3.88. The van der Waals surface area contributed by atoms with E-state index in [-0.39, 0.29) is 0 Å². The molecule has 3 aromatic rings. The highest BCUT2D eigenvalue weighted by atomic mass is 16.4. The SMILES string of the molecule is O=C(O)[C@@H](C(=O)N(c1ccccc1)c1ccccc1)c1ccccc1. The first-order chi connectivity index (χ1) is 12.2. The monoisotopic (exact) mass is 331 g/mol. The summed E-state index contributed by atoms with van der Waals surface area (Å²) in [5.41, 5.74) is 1.71. The summed E-state index contributed by atoms with van der Waals surface area (Å²) in [6, 6.07) is 26.7. The van der Waals surface area contributed by atoms with Crippen molar-refractivity contribution in [3.8, 4) is 0 Å². The number of amides is 1. The Kier molecular flexibility index (Phi) is 4.90. The summed E-state index contributed by atoms with van der Waals surface area (Å²) in [5, 5.41) is 9.69. The van der Waals surface area contributed by atoms with Crippen molar-refractivity contribution in [1.29, 1.82) is 0 Å². The molecule has 0 saturated carbocycles. The fraction of sp³-hybridized carbons (Fsp3) is 0.0476. The van der Waals surface area contributed by atoms with Gasteiger partial charge in [0.05, 0.1) is 0 Å². The molecule has 3 rings (SSSR count). The minimum absolute atomic E-state index is 0.455. The van der Waals surface area contributed by atoms with E-state index in [9.17, 15) is 14.7 Å². The van der Waals surface area contributed by atoms with E-state index in [0.29, 0.717) is 16.9 Å². The van der Waals surface area contributed by atoms with Gasteiger partial charge in [-0.3, -0.25) is 14.5 Å². The second kappa shape index (κ2) is 7.45. The van der Waals surface area contributed by atoms with Gasteiger partial charge >= 0.3 is 5.97 Å². The lowest BCUT2D eigenvalue weighted by Gasteiger charge is -2.26. The second-order valence-electron chi connectivity index (χ2n) is 5.53. The van der Waals surface area contributed by atoms with Gasteiger partial charge in [-0.05, 0) is 29.8 Å². The molecule has 0 heterocycles. The van der Waals surface area contributed by atoms with Crippen LogP contribution in [0.1, 0.15) is 11.5 Å². The van der Waals surface area contributed by atoms with E-state index in [1.807, 2.05) is 36.4 Å². The highest BCUT2D eigenvalue weighted by Gasteiger charge is 2.33. The topological polar surface area (TPSA) is 57.6 Å². The standard InChI is InChI=1S/C21H17NO3/c23-20(19(21(24)25)16-10-4-1-5-11-16)22(17-12-6-2-7-13-17)18-14-8-3-9-15-18/h1-15,19H,(H,24,25)/t19-/m1/s1. The van der Waals surface area contributed by atoms with Gasteiger partial charge in [0.2, 0.25) is 5.91 Å². The molecule has 25 heavy (non-hydrogen) atoms. The Labute approximate surface area is 146 Å². The van der Waals surface area contributed by atoms with E-state index in [2.05, 4.69) is 0 Å². The zero-order valence-electron chi connectivity index (χ0n) is 13.4. The van der Waals surface area contributed by atoms with Crippen molar-refractivity contribution in [3.63, 3.8) is 0 Å². The minimum Gasteiger partial charge on any atom is -0.480 e. The molecule has 0 unspecified atom stereocenters. The van der Waals surface area contributed by atoms with Gasteiger partial charge in [-0.2, -0.15) is 0 Å². The van der Waals surface area contributed by atoms with Crippen LogP contribution in [0.5, 0.6) is 0 Å². The highest BCUT2D eigenvalue weighted by molar-refractivity contribution is 6.13. The van der Waals surface area contributed by atoms with Gasteiger partial charge in [0, 0.05) is 11.4 Å². The Morgan fingerprint density at radius 1 is 0.680 bits per heavy atom. The molecule has 3 aromatic carbocycles. The van der Waals surface area contributed by atoms with Crippen molar-refractivity contribution in [2.75, 3.05) is 4.90 Å². The van der Waals surface area contributed by atoms with Gasteiger partial charge in [0.15, 0.2) is 5.92 Å². The number of nitrogens with zero attached hydrogens (tertiary/aromatic N) is 1. The van der Waals surface area contributed by atoms with Crippen LogP contribution in [-0.2, 0) is 9.59 Å². The lowest BCUT2D eigenvalue weighted by Crippen LogP contribution is -2.35. The van der Waals surface area contributed by atoms with Crippen molar-refractivity contribution in [2.45, 2.75) is 5.92 Å². The molecule has 0 fully saturated rings. The predicted molar refractivity (Wildman–Crippen MR) is 96.8 cm³/mol.